The SMILES string of the molecule is Cc1cn2nc([C@@H]3CCCCN3C(=O)c3ccccc3)cc2nc1N1CCCC1. The lowest BCUT2D eigenvalue weighted by Gasteiger charge is -2.34. The normalized spacial score (nSPS) is 19.8. The van der Waals surface area contributed by atoms with Gasteiger partial charge in [0.15, 0.2) is 5.65 Å². The van der Waals surface area contributed by atoms with Crippen LogP contribution in [0.3, 0.4) is 0 Å². The summed E-state index contributed by atoms with van der Waals surface area (Å²) in [6.45, 7) is 5.03. The molecule has 29 heavy (non-hydrogen) atoms. The molecule has 2 aromatic heterocycles. The number of hydrogen-bond donors (Lipinski definition) is 0. The molecule has 0 spiro atoms. The molecule has 6 nitrogen and oxygen atoms in total. The minimum atomic E-state index is 0.00805. The number of nitrogens with zero attached hydrogens (tertiary/aromatic N) is 5. The summed E-state index contributed by atoms with van der Waals surface area (Å²) < 4.78 is 1.88. The maximum atomic E-state index is 13.1. The second-order valence-corrected chi connectivity index (χ2v) is 8.19. The van der Waals surface area contributed by atoms with Crippen LogP contribution >= 0.6 is 0 Å². The number of amides is 1. The molecular formula is C23H27N5O. The van der Waals surface area contributed by atoms with Crippen LogP contribution in [0.5, 0.6) is 0 Å². The summed E-state index contributed by atoms with van der Waals surface area (Å²) >= 11 is 0. The van der Waals surface area contributed by atoms with Gasteiger partial charge in [-0.25, -0.2) is 9.50 Å². The molecule has 3 aromatic rings. The van der Waals surface area contributed by atoms with E-state index in [0.717, 1.165) is 67.2 Å². The maximum Gasteiger partial charge on any atom is 0.254 e. The molecule has 1 atom stereocenters. The number of hydrogen-bond acceptors (Lipinski definition) is 4. The van der Waals surface area contributed by atoms with Crippen LogP contribution < -0.4 is 4.90 Å². The number of rotatable bonds is 3. The summed E-state index contributed by atoms with van der Waals surface area (Å²) in [6.07, 6.45) is 7.64. The predicted octanol–water partition coefficient (Wildman–Crippen LogP) is 4.01. The van der Waals surface area contributed by atoms with Gasteiger partial charge in [-0.2, -0.15) is 5.10 Å². The van der Waals surface area contributed by atoms with Crippen molar-refractivity contribution < 1.29 is 4.79 Å². The first-order chi connectivity index (χ1) is 14.2. The van der Waals surface area contributed by atoms with Crippen molar-refractivity contribution in [3.05, 3.63) is 59.4 Å². The van der Waals surface area contributed by atoms with Crippen molar-refractivity contribution >= 4 is 17.4 Å². The van der Waals surface area contributed by atoms with E-state index in [9.17, 15) is 4.79 Å². The lowest BCUT2D eigenvalue weighted by Crippen LogP contribution is -2.38. The number of aryl methyl sites for hydroxylation is 1. The van der Waals surface area contributed by atoms with Crippen molar-refractivity contribution in [3.8, 4) is 0 Å². The monoisotopic (exact) mass is 389 g/mol. The van der Waals surface area contributed by atoms with Gasteiger partial charge in [0.05, 0.1) is 11.7 Å². The lowest BCUT2D eigenvalue weighted by molar-refractivity contribution is 0.0605. The highest BCUT2D eigenvalue weighted by Crippen LogP contribution is 2.32. The minimum Gasteiger partial charge on any atom is -0.356 e. The summed E-state index contributed by atoms with van der Waals surface area (Å²) in [4.78, 5) is 22.4. The fourth-order valence-electron chi connectivity index (χ4n) is 4.66. The number of benzene rings is 1. The first-order valence-corrected chi connectivity index (χ1v) is 10.7. The van der Waals surface area contributed by atoms with Gasteiger partial charge in [0, 0.05) is 43.0 Å². The van der Waals surface area contributed by atoms with Gasteiger partial charge in [-0.05, 0) is 51.2 Å². The van der Waals surface area contributed by atoms with Crippen molar-refractivity contribution in [2.24, 2.45) is 0 Å². The van der Waals surface area contributed by atoms with Gasteiger partial charge >= 0.3 is 0 Å². The molecule has 0 radical (unpaired) electrons. The molecule has 1 aromatic carbocycles. The Morgan fingerprint density at radius 3 is 2.59 bits per heavy atom. The smallest absolute Gasteiger partial charge is 0.254 e. The van der Waals surface area contributed by atoms with Crippen LogP contribution in [-0.4, -0.2) is 45.0 Å². The van der Waals surface area contributed by atoms with Gasteiger partial charge in [0.1, 0.15) is 5.82 Å². The quantitative estimate of drug-likeness (QED) is 0.679. The van der Waals surface area contributed by atoms with E-state index in [1.807, 2.05) is 39.7 Å². The maximum absolute atomic E-state index is 13.1. The molecule has 2 aliphatic rings. The number of aromatic nitrogens is 3. The van der Waals surface area contributed by atoms with Gasteiger partial charge in [0.25, 0.3) is 5.91 Å². The van der Waals surface area contributed by atoms with Crippen LogP contribution in [0.1, 0.15) is 59.8 Å². The van der Waals surface area contributed by atoms with E-state index in [1.54, 1.807) is 0 Å². The first-order valence-electron chi connectivity index (χ1n) is 10.7. The molecule has 0 unspecified atom stereocenters. The van der Waals surface area contributed by atoms with E-state index in [1.165, 1.54) is 12.8 Å². The van der Waals surface area contributed by atoms with E-state index in [-0.39, 0.29) is 11.9 Å². The Labute approximate surface area is 171 Å². The van der Waals surface area contributed by atoms with Gasteiger partial charge in [-0.3, -0.25) is 4.79 Å². The fourth-order valence-corrected chi connectivity index (χ4v) is 4.66. The Bertz CT molecular complexity index is 1020. The van der Waals surface area contributed by atoms with Crippen molar-refractivity contribution in [2.75, 3.05) is 24.5 Å². The minimum absolute atomic E-state index is 0.00805. The molecule has 5 rings (SSSR count). The van der Waals surface area contributed by atoms with E-state index in [2.05, 4.69) is 24.1 Å². The van der Waals surface area contributed by atoms with Gasteiger partial charge in [-0.15, -0.1) is 0 Å². The van der Waals surface area contributed by atoms with E-state index >= 15 is 0 Å². The van der Waals surface area contributed by atoms with E-state index < -0.39 is 0 Å². The standard InChI is InChI=1S/C23H27N5O/c1-17-16-28-21(24-22(17)26-12-7-8-13-26)15-19(25-28)20-11-5-6-14-27(20)23(29)18-9-3-2-4-10-18/h2-4,9-10,15-16,20H,5-8,11-14H2,1H3/t20-/m0/s1. The molecule has 2 aliphatic heterocycles. The number of anilines is 1. The van der Waals surface area contributed by atoms with Crippen LogP contribution in [0.4, 0.5) is 5.82 Å². The average Bonchev–Trinajstić information content (AvgIpc) is 3.43. The molecule has 4 heterocycles. The Kier molecular flexibility index (Phi) is 4.70. The van der Waals surface area contributed by atoms with E-state index in [0.29, 0.717) is 0 Å². The number of fused-ring (bicyclic) bond motifs is 1. The third kappa shape index (κ3) is 3.37. The highest BCUT2D eigenvalue weighted by atomic mass is 16.2. The molecule has 0 bridgehead atoms. The lowest BCUT2D eigenvalue weighted by atomic mass is 9.98. The zero-order chi connectivity index (χ0) is 19.8. The molecule has 0 aliphatic carbocycles. The second kappa shape index (κ2) is 7.50. The summed E-state index contributed by atoms with van der Waals surface area (Å²) in [5, 5.41) is 4.83. The van der Waals surface area contributed by atoms with Crippen molar-refractivity contribution in [2.45, 2.75) is 45.1 Å². The second-order valence-electron chi connectivity index (χ2n) is 8.19. The fraction of sp³-hybridized carbons (Fsp3) is 0.435. The molecule has 2 saturated heterocycles. The van der Waals surface area contributed by atoms with Crippen LogP contribution in [-0.2, 0) is 0 Å². The Balaban J connectivity index is 1.48. The molecule has 2 fully saturated rings. The molecule has 0 N–H and O–H groups in total. The predicted molar refractivity (Wildman–Crippen MR) is 113 cm³/mol. The van der Waals surface area contributed by atoms with Gasteiger partial charge in [0.2, 0.25) is 0 Å². The topological polar surface area (TPSA) is 53.7 Å². The Morgan fingerprint density at radius 1 is 1.03 bits per heavy atom. The molecular weight excluding hydrogens is 362 g/mol. The molecule has 1 amide bonds. The summed E-state index contributed by atoms with van der Waals surface area (Å²) in [6, 6.07) is 11.6. The zero-order valence-electron chi connectivity index (χ0n) is 16.9. The Hall–Kier alpha value is -2.89. The van der Waals surface area contributed by atoms with Crippen molar-refractivity contribution in [3.63, 3.8) is 0 Å². The van der Waals surface area contributed by atoms with Crippen LogP contribution in [0.15, 0.2) is 42.6 Å². The molecule has 6 heteroatoms. The summed E-state index contributed by atoms with van der Waals surface area (Å²) in [5.74, 6) is 1.16. The first kappa shape index (κ1) is 18.2. The third-order valence-electron chi connectivity index (χ3n) is 6.16. The number of carbonyl (C=O) groups excluding carboxylic acids is 1. The van der Waals surface area contributed by atoms with Crippen LogP contribution in [0.25, 0.3) is 5.65 Å². The number of piperidine rings is 1. The van der Waals surface area contributed by atoms with Crippen molar-refractivity contribution in [1.29, 1.82) is 0 Å². The van der Waals surface area contributed by atoms with Crippen molar-refractivity contribution in [1.82, 2.24) is 19.5 Å². The zero-order valence-corrected chi connectivity index (χ0v) is 16.9. The average molecular weight is 390 g/mol. The van der Waals surface area contributed by atoms with Gasteiger partial charge < -0.3 is 9.80 Å². The summed E-state index contributed by atoms with van der Waals surface area (Å²) in [7, 11) is 0. The van der Waals surface area contributed by atoms with Crippen LogP contribution in [0, 0.1) is 6.92 Å². The highest BCUT2D eigenvalue weighted by Gasteiger charge is 2.31. The molecule has 0 saturated carbocycles. The van der Waals surface area contributed by atoms with E-state index in [4.69, 9.17) is 10.1 Å². The summed E-state index contributed by atoms with van der Waals surface area (Å²) in [5.41, 5.74) is 3.70. The number of carbonyl (C=O) groups is 1. The molecule has 150 valence electrons. The highest BCUT2D eigenvalue weighted by molar-refractivity contribution is 5.94. The van der Waals surface area contributed by atoms with Gasteiger partial charge in [-0.1, -0.05) is 18.2 Å². The third-order valence-corrected chi connectivity index (χ3v) is 6.16. The Morgan fingerprint density at radius 2 is 1.79 bits per heavy atom. The largest absolute Gasteiger partial charge is 0.356 e. The number of likely N-dealkylation sites (tertiary alicyclic amines) is 1. The van der Waals surface area contributed by atoms with Crippen LogP contribution in [0.2, 0.25) is 0 Å².